The lowest BCUT2D eigenvalue weighted by Crippen LogP contribution is -2.39. The van der Waals surface area contributed by atoms with Gasteiger partial charge in [0.15, 0.2) is 0 Å². The molecule has 0 aromatic carbocycles. The number of aliphatic hydroxyl groups is 2. The quantitative estimate of drug-likeness (QED) is 0.635. The molecule has 2 aromatic heterocycles. The summed E-state index contributed by atoms with van der Waals surface area (Å²) in [5, 5.41) is 27.6. The predicted octanol–water partition coefficient (Wildman–Crippen LogP) is 1.13. The molecule has 0 bridgehead atoms. The highest BCUT2D eigenvalue weighted by molar-refractivity contribution is 9.10. The number of nitrogens with two attached hydrogens (primary N) is 1. The molecule has 0 spiro atoms. The Morgan fingerprint density at radius 3 is 2.78 bits per heavy atom. The summed E-state index contributed by atoms with van der Waals surface area (Å²) in [6.45, 7) is 3.75. The van der Waals surface area contributed by atoms with Crippen LogP contribution in [0.1, 0.15) is 30.6 Å². The average Bonchev–Trinajstić information content (AvgIpc) is 2.93. The van der Waals surface area contributed by atoms with Crippen molar-refractivity contribution in [3.05, 3.63) is 28.5 Å². The summed E-state index contributed by atoms with van der Waals surface area (Å²) in [6.07, 6.45) is 1.92. The first-order valence-corrected chi connectivity index (χ1v) is 8.10. The second kappa shape index (κ2) is 5.47. The van der Waals surface area contributed by atoms with Gasteiger partial charge in [-0.25, -0.2) is 4.52 Å². The monoisotopic (exact) mass is 382 g/mol. The first kappa shape index (κ1) is 16.2. The molecule has 7 nitrogen and oxygen atoms in total. The van der Waals surface area contributed by atoms with Gasteiger partial charge >= 0.3 is 0 Å². The summed E-state index contributed by atoms with van der Waals surface area (Å²) in [7, 11) is 0. The number of halogens is 1. The van der Waals surface area contributed by atoms with Crippen molar-refractivity contribution >= 4 is 33.0 Å². The SMILES string of the molecule is CC1(C)[C@H](O)[C@H](O)C[C@H]1Nc1c(C(N)=O)cnn2cc(Br)cc12. The number of anilines is 1. The highest BCUT2D eigenvalue weighted by Crippen LogP contribution is 2.40. The van der Waals surface area contributed by atoms with Crippen LogP contribution in [0.15, 0.2) is 22.9 Å². The predicted molar refractivity (Wildman–Crippen MR) is 89.2 cm³/mol. The second-order valence-corrected chi connectivity index (χ2v) is 7.47. The third kappa shape index (κ3) is 2.60. The Labute approximate surface area is 141 Å². The number of hydrogen-bond acceptors (Lipinski definition) is 5. The molecule has 2 aromatic rings. The third-order valence-electron chi connectivity index (χ3n) is 4.69. The maximum absolute atomic E-state index is 11.8. The largest absolute Gasteiger partial charge is 0.390 e. The normalized spacial score (nSPS) is 26.6. The van der Waals surface area contributed by atoms with Crippen LogP contribution in [0.4, 0.5) is 5.69 Å². The van der Waals surface area contributed by atoms with Gasteiger partial charge < -0.3 is 21.3 Å². The number of carbonyl (C=O) groups excluding carboxylic acids is 1. The van der Waals surface area contributed by atoms with Crippen molar-refractivity contribution in [3.63, 3.8) is 0 Å². The second-order valence-electron chi connectivity index (χ2n) is 6.55. The summed E-state index contributed by atoms with van der Waals surface area (Å²) in [4.78, 5) is 11.8. The van der Waals surface area contributed by atoms with E-state index in [1.807, 2.05) is 19.9 Å². The van der Waals surface area contributed by atoms with Crippen LogP contribution in [0.25, 0.3) is 5.52 Å². The summed E-state index contributed by atoms with van der Waals surface area (Å²) >= 11 is 3.39. The van der Waals surface area contributed by atoms with Crippen LogP contribution < -0.4 is 11.1 Å². The maximum Gasteiger partial charge on any atom is 0.252 e. The van der Waals surface area contributed by atoms with Crippen LogP contribution in [0.2, 0.25) is 0 Å². The topological polar surface area (TPSA) is 113 Å². The van der Waals surface area contributed by atoms with E-state index in [2.05, 4.69) is 26.3 Å². The zero-order valence-corrected chi connectivity index (χ0v) is 14.4. The molecule has 1 fully saturated rings. The molecule has 0 aliphatic heterocycles. The van der Waals surface area contributed by atoms with E-state index < -0.39 is 23.5 Å². The lowest BCUT2D eigenvalue weighted by Gasteiger charge is -2.31. The molecule has 1 amide bonds. The Morgan fingerprint density at radius 2 is 2.22 bits per heavy atom. The number of carbonyl (C=O) groups is 1. The first-order valence-electron chi connectivity index (χ1n) is 7.31. The van der Waals surface area contributed by atoms with Crippen LogP contribution in [-0.2, 0) is 0 Å². The third-order valence-corrected chi connectivity index (χ3v) is 5.12. The van der Waals surface area contributed by atoms with E-state index in [1.165, 1.54) is 6.20 Å². The summed E-state index contributed by atoms with van der Waals surface area (Å²) < 4.78 is 2.45. The number of aliphatic hydroxyl groups excluding tert-OH is 2. The number of nitrogens with zero attached hydrogens (tertiary/aromatic N) is 2. The van der Waals surface area contributed by atoms with E-state index in [0.717, 1.165) is 4.47 Å². The highest BCUT2D eigenvalue weighted by Gasteiger charge is 2.48. The average molecular weight is 383 g/mol. The van der Waals surface area contributed by atoms with Crippen molar-refractivity contribution < 1.29 is 15.0 Å². The Morgan fingerprint density at radius 1 is 1.52 bits per heavy atom. The molecule has 23 heavy (non-hydrogen) atoms. The molecular formula is C15H19BrN4O3. The molecule has 124 valence electrons. The fourth-order valence-corrected chi connectivity index (χ4v) is 3.57. The number of fused-ring (bicyclic) bond motifs is 1. The number of rotatable bonds is 3. The maximum atomic E-state index is 11.8. The van der Waals surface area contributed by atoms with Gasteiger partial charge in [0.1, 0.15) is 0 Å². The van der Waals surface area contributed by atoms with Crippen LogP contribution in [0, 0.1) is 5.41 Å². The highest BCUT2D eigenvalue weighted by atomic mass is 79.9. The van der Waals surface area contributed by atoms with Crippen molar-refractivity contribution in [2.24, 2.45) is 11.1 Å². The first-order chi connectivity index (χ1) is 10.7. The lowest BCUT2D eigenvalue weighted by atomic mass is 9.85. The number of amides is 1. The van der Waals surface area contributed by atoms with Crippen molar-refractivity contribution in [1.29, 1.82) is 0 Å². The Kier molecular flexibility index (Phi) is 3.86. The fourth-order valence-electron chi connectivity index (χ4n) is 3.16. The number of aromatic nitrogens is 2. The van der Waals surface area contributed by atoms with Crippen molar-refractivity contribution in [2.75, 3.05) is 5.32 Å². The number of hydrogen-bond donors (Lipinski definition) is 4. The van der Waals surface area contributed by atoms with Gasteiger partial charge in [-0.05, 0) is 28.4 Å². The van der Waals surface area contributed by atoms with Gasteiger partial charge in [0.05, 0.1) is 35.2 Å². The molecule has 3 rings (SSSR count). The fraction of sp³-hybridized carbons (Fsp3) is 0.467. The molecule has 0 saturated heterocycles. The van der Waals surface area contributed by atoms with Gasteiger partial charge in [0, 0.05) is 22.1 Å². The molecular weight excluding hydrogens is 364 g/mol. The van der Waals surface area contributed by atoms with Crippen molar-refractivity contribution in [1.82, 2.24) is 9.61 Å². The van der Waals surface area contributed by atoms with Gasteiger partial charge in [-0.2, -0.15) is 5.10 Å². The minimum absolute atomic E-state index is 0.217. The minimum Gasteiger partial charge on any atom is -0.390 e. The van der Waals surface area contributed by atoms with E-state index in [0.29, 0.717) is 17.6 Å². The van der Waals surface area contributed by atoms with E-state index in [4.69, 9.17) is 5.73 Å². The molecule has 0 radical (unpaired) electrons. The van der Waals surface area contributed by atoms with E-state index >= 15 is 0 Å². The lowest BCUT2D eigenvalue weighted by molar-refractivity contribution is -0.00805. The van der Waals surface area contributed by atoms with E-state index in [1.54, 1.807) is 10.7 Å². The molecule has 2 heterocycles. The summed E-state index contributed by atoms with van der Waals surface area (Å²) in [5.74, 6) is -0.586. The van der Waals surface area contributed by atoms with Gasteiger partial charge in [-0.15, -0.1) is 0 Å². The molecule has 8 heteroatoms. The molecule has 5 N–H and O–H groups in total. The zero-order valence-electron chi connectivity index (χ0n) is 12.8. The Balaban J connectivity index is 2.08. The standard InChI is InChI=1S/C15H19BrN4O3/c1-15(2)11(4-10(21)13(15)22)19-12-8(14(17)23)5-18-20-6-7(16)3-9(12)20/h3,5-6,10-11,13,19,21-22H,4H2,1-2H3,(H2,17,23)/t10-,11-,13-/m1/s1. The van der Waals surface area contributed by atoms with Gasteiger partial charge in [-0.3, -0.25) is 4.79 Å². The van der Waals surface area contributed by atoms with E-state index in [9.17, 15) is 15.0 Å². The zero-order chi connectivity index (χ0) is 16.9. The summed E-state index contributed by atoms with van der Waals surface area (Å²) in [5.41, 5.74) is 6.43. The van der Waals surface area contributed by atoms with Gasteiger partial charge in [-0.1, -0.05) is 13.8 Å². The molecule has 1 aliphatic carbocycles. The van der Waals surface area contributed by atoms with Crippen molar-refractivity contribution in [2.45, 2.75) is 38.5 Å². The van der Waals surface area contributed by atoms with Crippen LogP contribution in [0.3, 0.4) is 0 Å². The molecule has 3 atom stereocenters. The number of primary amides is 1. The number of nitrogens with one attached hydrogen (secondary N) is 1. The minimum atomic E-state index is -0.839. The van der Waals surface area contributed by atoms with E-state index in [-0.39, 0.29) is 11.6 Å². The van der Waals surface area contributed by atoms with Gasteiger partial charge in [0.2, 0.25) is 0 Å². The smallest absolute Gasteiger partial charge is 0.252 e. The van der Waals surface area contributed by atoms with Crippen LogP contribution >= 0.6 is 15.9 Å². The molecule has 0 unspecified atom stereocenters. The van der Waals surface area contributed by atoms with Crippen LogP contribution in [-0.4, -0.2) is 44.0 Å². The Bertz CT molecular complexity index is 773. The van der Waals surface area contributed by atoms with Gasteiger partial charge in [0.25, 0.3) is 5.91 Å². The van der Waals surface area contributed by atoms with Crippen LogP contribution in [0.5, 0.6) is 0 Å². The molecule has 1 saturated carbocycles. The summed E-state index contributed by atoms with van der Waals surface area (Å²) in [6, 6.07) is 1.61. The van der Waals surface area contributed by atoms with Crippen molar-refractivity contribution in [3.8, 4) is 0 Å². The molecule has 1 aliphatic rings. The Hall–Kier alpha value is -1.64.